The summed E-state index contributed by atoms with van der Waals surface area (Å²) < 4.78 is 10.7. The summed E-state index contributed by atoms with van der Waals surface area (Å²) in [5.74, 6) is 1.66. The standard InChI is InChI=1S/C22H31N3O2/c1-18(12-13-19-8-5-4-6-9-19)25-22(23-2)24-17-20-10-7-11-21(16-20)27-15-14-26-3/h4-11,16,18H,12-15,17H2,1-3H3,(H2,23,24,25). The number of hydrogen-bond donors (Lipinski definition) is 2. The summed E-state index contributed by atoms with van der Waals surface area (Å²) in [5, 5.41) is 6.82. The molecule has 5 heteroatoms. The van der Waals surface area contributed by atoms with Gasteiger partial charge in [0.05, 0.1) is 6.61 Å². The quantitative estimate of drug-likeness (QED) is 0.383. The van der Waals surface area contributed by atoms with Crippen molar-refractivity contribution >= 4 is 5.96 Å². The van der Waals surface area contributed by atoms with E-state index in [1.807, 2.05) is 18.2 Å². The van der Waals surface area contributed by atoms with Crippen LogP contribution in [0.25, 0.3) is 0 Å². The molecule has 0 saturated carbocycles. The van der Waals surface area contributed by atoms with E-state index in [-0.39, 0.29) is 0 Å². The van der Waals surface area contributed by atoms with Crippen LogP contribution in [0.15, 0.2) is 59.6 Å². The Balaban J connectivity index is 1.77. The summed E-state index contributed by atoms with van der Waals surface area (Å²) in [6.45, 7) is 4.00. The van der Waals surface area contributed by atoms with Crippen molar-refractivity contribution in [2.45, 2.75) is 32.4 Å². The molecule has 0 aliphatic rings. The summed E-state index contributed by atoms with van der Waals surface area (Å²) in [4.78, 5) is 4.33. The van der Waals surface area contributed by atoms with E-state index in [0.29, 0.717) is 25.8 Å². The molecule has 2 aromatic carbocycles. The monoisotopic (exact) mass is 369 g/mol. The molecule has 2 rings (SSSR count). The summed E-state index contributed by atoms with van der Waals surface area (Å²) in [6, 6.07) is 19.0. The molecule has 2 N–H and O–H groups in total. The van der Waals surface area contributed by atoms with Crippen molar-refractivity contribution < 1.29 is 9.47 Å². The van der Waals surface area contributed by atoms with Gasteiger partial charge in [-0.2, -0.15) is 0 Å². The molecule has 2 aromatic rings. The highest BCUT2D eigenvalue weighted by Crippen LogP contribution is 2.13. The Kier molecular flexibility index (Phi) is 9.21. The molecule has 0 aliphatic heterocycles. The van der Waals surface area contributed by atoms with Crippen LogP contribution in [0.3, 0.4) is 0 Å². The first-order chi connectivity index (χ1) is 13.2. The van der Waals surface area contributed by atoms with Crippen LogP contribution in [0.4, 0.5) is 0 Å². The number of nitrogens with zero attached hydrogens (tertiary/aromatic N) is 1. The fraction of sp³-hybridized carbons (Fsp3) is 0.409. The number of benzene rings is 2. The molecule has 1 unspecified atom stereocenters. The molecule has 0 amide bonds. The Bertz CT molecular complexity index is 689. The van der Waals surface area contributed by atoms with Gasteiger partial charge >= 0.3 is 0 Å². The lowest BCUT2D eigenvalue weighted by molar-refractivity contribution is 0.146. The van der Waals surface area contributed by atoms with Gasteiger partial charge < -0.3 is 20.1 Å². The fourth-order valence-corrected chi connectivity index (χ4v) is 2.70. The maximum absolute atomic E-state index is 5.66. The minimum Gasteiger partial charge on any atom is -0.491 e. The van der Waals surface area contributed by atoms with Gasteiger partial charge in [0.15, 0.2) is 5.96 Å². The predicted octanol–water partition coefficient (Wildman–Crippen LogP) is 3.40. The Morgan fingerprint density at radius 2 is 1.81 bits per heavy atom. The molecule has 0 bridgehead atoms. The third-order valence-electron chi connectivity index (χ3n) is 4.23. The number of methoxy groups -OCH3 is 1. The fourth-order valence-electron chi connectivity index (χ4n) is 2.70. The molecule has 146 valence electrons. The van der Waals surface area contributed by atoms with Crippen molar-refractivity contribution in [3.63, 3.8) is 0 Å². The van der Waals surface area contributed by atoms with Gasteiger partial charge in [-0.1, -0.05) is 42.5 Å². The first-order valence-corrected chi connectivity index (χ1v) is 9.43. The van der Waals surface area contributed by atoms with Crippen LogP contribution in [0.1, 0.15) is 24.5 Å². The van der Waals surface area contributed by atoms with Crippen molar-refractivity contribution in [1.82, 2.24) is 10.6 Å². The van der Waals surface area contributed by atoms with E-state index in [9.17, 15) is 0 Å². The zero-order valence-electron chi connectivity index (χ0n) is 16.6. The Labute approximate surface area is 162 Å². The topological polar surface area (TPSA) is 54.9 Å². The number of hydrogen-bond acceptors (Lipinski definition) is 3. The largest absolute Gasteiger partial charge is 0.491 e. The third-order valence-corrected chi connectivity index (χ3v) is 4.23. The molecule has 0 aliphatic carbocycles. The van der Waals surface area contributed by atoms with Crippen molar-refractivity contribution in [2.75, 3.05) is 27.4 Å². The van der Waals surface area contributed by atoms with Gasteiger partial charge in [0, 0.05) is 26.7 Å². The zero-order valence-corrected chi connectivity index (χ0v) is 16.6. The molecule has 5 nitrogen and oxygen atoms in total. The number of nitrogens with one attached hydrogen (secondary N) is 2. The number of guanidine groups is 1. The van der Waals surface area contributed by atoms with E-state index < -0.39 is 0 Å². The van der Waals surface area contributed by atoms with Crippen LogP contribution in [-0.2, 0) is 17.7 Å². The van der Waals surface area contributed by atoms with Gasteiger partial charge in [-0.05, 0) is 43.0 Å². The van der Waals surface area contributed by atoms with E-state index in [0.717, 1.165) is 30.1 Å². The molecule has 0 saturated heterocycles. The Hall–Kier alpha value is -2.53. The summed E-state index contributed by atoms with van der Waals surface area (Å²) in [6.07, 6.45) is 2.10. The normalized spacial score (nSPS) is 12.5. The summed E-state index contributed by atoms with van der Waals surface area (Å²) >= 11 is 0. The van der Waals surface area contributed by atoms with Crippen molar-refractivity contribution in [1.29, 1.82) is 0 Å². The number of rotatable bonds is 10. The minimum atomic E-state index is 0.333. The SMILES string of the molecule is CN=C(NCc1cccc(OCCOC)c1)NC(C)CCc1ccccc1. The van der Waals surface area contributed by atoms with Crippen molar-refractivity contribution in [3.8, 4) is 5.75 Å². The molecular weight excluding hydrogens is 338 g/mol. The highest BCUT2D eigenvalue weighted by molar-refractivity contribution is 5.79. The van der Waals surface area contributed by atoms with Crippen LogP contribution in [0, 0.1) is 0 Å². The molecule has 1 atom stereocenters. The smallest absolute Gasteiger partial charge is 0.191 e. The molecule has 27 heavy (non-hydrogen) atoms. The Morgan fingerprint density at radius 3 is 2.56 bits per heavy atom. The molecule has 0 heterocycles. The maximum atomic E-state index is 5.66. The summed E-state index contributed by atoms with van der Waals surface area (Å²) in [5.41, 5.74) is 2.50. The van der Waals surface area contributed by atoms with Gasteiger partial charge in [0.25, 0.3) is 0 Å². The number of aryl methyl sites for hydroxylation is 1. The van der Waals surface area contributed by atoms with Crippen molar-refractivity contribution in [3.05, 3.63) is 65.7 Å². The first-order valence-electron chi connectivity index (χ1n) is 9.43. The van der Waals surface area contributed by atoms with Gasteiger partial charge in [-0.3, -0.25) is 4.99 Å². The second-order valence-electron chi connectivity index (χ2n) is 6.48. The van der Waals surface area contributed by atoms with Crippen LogP contribution in [0.5, 0.6) is 5.75 Å². The third kappa shape index (κ3) is 8.13. The lowest BCUT2D eigenvalue weighted by Crippen LogP contribution is -2.42. The van der Waals surface area contributed by atoms with E-state index >= 15 is 0 Å². The first kappa shape index (κ1) is 20.8. The van der Waals surface area contributed by atoms with Gasteiger partial charge in [-0.25, -0.2) is 0 Å². The molecule has 0 spiro atoms. The molecule has 0 radical (unpaired) electrons. The lowest BCUT2D eigenvalue weighted by atomic mass is 10.1. The minimum absolute atomic E-state index is 0.333. The van der Waals surface area contributed by atoms with Crippen LogP contribution in [-0.4, -0.2) is 39.4 Å². The molecular formula is C22H31N3O2. The lowest BCUT2D eigenvalue weighted by Gasteiger charge is -2.18. The maximum Gasteiger partial charge on any atom is 0.191 e. The average Bonchev–Trinajstić information content (AvgIpc) is 2.71. The Morgan fingerprint density at radius 1 is 1.04 bits per heavy atom. The van der Waals surface area contributed by atoms with E-state index in [1.54, 1.807) is 14.2 Å². The highest BCUT2D eigenvalue weighted by Gasteiger charge is 2.06. The van der Waals surface area contributed by atoms with Gasteiger partial charge in [-0.15, -0.1) is 0 Å². The zero-order chi connectivity index (χ0) is 19.3. The van der Waals surface area contributed by atoms with E-state index in [1.165, 1.54) is 5.56 Å². The van der Waals surface area contributed by atoms with E-state index in [2.05, 4.69) is 58.9 Å². The second kappa shape index (κ2) is 12.0. The van der Waals surface area contributed by atoms with E-state index in [4.69, 9.17) is 9.47 Å². The van der Waals surface area contributed by atoms with Crippen LogP contribution in [0.2, 0.25) is 0 Å². The average molecular weight is 370 g/mol. The molecule has 0 fully saturated rings. The van der Waals surface area contributed by atoms with Crippen LogP contribution < -0.4 is 15.4 Å². The van der Waals surface area contributed by atoms with Crippen molar-refractivity contribution in [2.24, 2.45) is 4.99 Å². The predicted molar refractivity (Wildman–Crippen MR) is 111 cm³/mol. The summed E-state index contributed by atoms with van der Waals surface area (Å²) in [7, 11) is 3.46. The van der Waals surface area contributed by atoms with Gasteiger partial charge in [0.2, 0.25) is 0 Å². The number of aliphatic imine (C=N–C) groups is 1. The second-order valence-corrected chi connectivity index (χ2v) is 6.48. The highest BCUT2D eigenvalue weighted by atomic mass is 16.5. The molecule has 0 aromatic heterocycles. The van der Waals surface area contributed by atoms with Gasteiger partial charge in [0.1, 0.15) is 12.4 Å². The number of ether oxygens (including phenoxy) is 2. The van der Waals surface area contributed by atoms with Crippen LogP contribution >= 0.6 is 0 Å².